The fourth-order valence-electron chi connectivity index (χ4n) is 3.21. The number of benzene rings is 1. The number of hydrogen-bond donors (Lipinski definition) is 1. The summed E-state index contributed by atoms with van der Waals surface area (Å²) in [7, 11) is 0. The van der Waals surface area contributed by atoms with Gasteiger partial charge in [0.15, 0.2) is 0 Å². The zero-order valence-electron chi connectivity index (χ0n) is 16.4. The Balaban J connectivity index is 1.51. The van der Waals surface area contributed by atoms with Crippen molar-refractivity contribution < 1.29 is 9.36 Å². The summed E-state index contributed by atoms with van der Waals surface area (Å²) in [5.41, 5.74) is 2.86. The molecule has 0 unspecified atom stereocenters. The highest BCUT2D eigenvalue weighted by molar-refractivity contribution is 5.98. The minimum absolute atomic E-state index is 0.332. The number of oxime groups is 1. The molecule has 2 heterocycles. The third-order valence-electron chi connectivity index (χ3n) is 4.95. The predicted molar refractivity (Wildman–Crippen MR) is 107 cm³/mol. The van der Waals surface area contributed by atoms with Crippen LogP contribution in [0.1, 0.15) is 69.7 Å². The zero-order chi connectivity index (χ0) is 18.9. The van der Waals surface area contributed by atoms with Gasteiger partial charge in [0.1, 0.15) is 6.61 Å². The van der Waals surface area contributed by atoms with Gasteiger partial charge in [0.2, 0.25) is 11.7 Å². The Morgan fingerprint density at radius 1 is 1.22 bits per heavy atom. The molecular weight excluding hydrogens is 340 g/mol. The van der Waals surface area contributed by atoms with E-state index in [0.717, 1.165) is 48.7 Å². The van der Waals surface area contributed by atoms with E-state index in [9.17, 15) is 0 Å². The van der Waals surface area contributed by atoms with Gasteiger partial charge in [-0.15, -0.1) is 0 Å². The minimum Gasteiger partial charge on any atom is -0.396 e. The Morgan fingerprint density at radius 3 is 2.78 bits per heavy atom. The predicted octanol–water partition coefficient (Wildman–Crippen LogP) is 4.52. The molecule has 0 spiro atoms. The highest BCUT2D eigenvalue weighted by atomic mass is 16.6. The fraction of sp³-hybridized carbons (Fsp3) is 0.571. The summed E-state index contributed by atoms with van der Waals surface area (Å²) in [6, 6.07) is 8.04. The van der Waals surface area contributed by atoms with E-state index in [1.54, 1.807) is 0 Å². The van der Waals surface area contributed by atoms with Crippen LogP contribution in [0.15, 0.2) is 33.9 Å². The quantitative estimate of drug-likeness (QED) is 0.378. The van der Waals surface area contributed by atoms with E-state index < -0.39 is 0 Å². The van der Waals surface area contributed by atoms with Crippen molar-refractivity contribution in [2.45, 2.75) is 58.3 Å². The Labute approximate surface area is 161 Å². The van der Waals surface area contributed by atoms with Gasteiger partial charge < -0.3 is 14.7 Å². The van der Waals surface area contributed by atoms with Crippen LogP contribution in [0.3, 0.4) is 0 Å². The van der Waals surface area contributed by atoms with E-state index in [-0.39, 0.29) is 0 Å². The molecule has 1 saturated heterocycles. The van der Waals surface area contributed by atoms with Crippen molar-refractivity contribution >= 4 is 5.71 Å². The van der Waals surface area contributed by atoms with E-state index in [1.807, 2.05) is 31.2 Å². The van der Waals surface area contributed by atoms with Crippen molar-refractivity contribution in [3.05, 3.63) is 35.7 Å². The van der Waals surface area contributed by atoms with Crippen LogP contribution >= 0.6 is 0 Å². The molecule has 0 radical (unpaired) electrons. The molecule has 146 valence electrons. The van der Waals surface area contributed by atoms with Crippen LogP contribution in [-0.4, -0.2) is 35.5 Å². The number of unbranched alkanes of at least 4 members (excludes halogenated alkanes) is 4. The van der Waals surface area contributed by atoms with E-state index in [4.69, 9.17) is 9.36 Å². The maximum absolute atomic E-state index is 5.45. The van der Waals surface area contributed by atoms with Gasteiger partial charge in [0.25, 0.3) is 0 Å². The summed E-state index contributed by atoms with van der Waals surface area (Å²) in [6.45, 7) is 6.79. The smallest absolute Gasteiger partial charge is 0.231 e. The van der Waals surface area contributed by atoms with Crippen LogP contribution in [0.2, 0.25) is 0 Å². The van der Waals surface area contributed by atoms with Crippen LogP contribution in [0, 0.1) is 0 Å². The second kappa shape index (κ2) is 10.2. The second-order valence-electron chi connectivity index (χ2n) is 7.15. The monoisotopic (exact) mass is 370 g/mol. The Bertz CT molecular complexity index is 718. The summed E-state index contributed by atoms with van der Waals surface area (Å²) < 4.78 is 5.44. The number of nitrogens with one attached hydrogen (secondary N) is 1. The molecule has 0 saturated carbocycles. The van der Waals surface area contributed by atoms with Crippen molar-refractivity contribution in [1.29, 1.82) is 0 Å². The molecule has 1 aromatic heterocycles. The first-order chi connectivity index (χ1) is 13.3. The first-order valence-electron chi connectivity index (χ1n) is 10.1. The lowest BCUT2D eigenvalue weighted by atomic mass is 10.1. The molecule has 1 N–H and O–H groups in total. The Hall–Kier alpha value is -2.21. The van der Waals surface area contributed by atoms with Crippen molar-refractivity contribution in [1.82, 2.24) is 15.5 Å². The van der Waals surface area contributed by atoms with Crippen LogP contribution in [-0.2, 0) is 4.84 Å². The van der Waals surface area contributed by atoms with Crippen LogP contribution in [0.5, 0.6) is 0 Å². The van der Waals surface area contributed by atoms with Gasteiger partial charge in [-0.25, -0.2) is 0 Å². The first-order valence-corrected chi connectivity index (χ1v) is 10.1. The van der Waals surface area contributed by atoms with Gasteiger partial charge in [0.05, 0.1) is 11.6 Å². The summed E-state index contributed by atoms with van der Waals surface area (Å²) in [5.74, 6) is 1.70. The molecule has 2 aromatic rings. The summed E-state index contributed by atoms with van der Waals surface area (Å²) >= 11 is 0. The molecule has 0 aliphatic carbocycles. The summed E-state index contributed by atoms with van der Waals surface area (Å²) in [6.07, 6.45) is 7.16. The third kappa shape index (κ3) is 5.63. The normalized spacial score (nSPS) is 17.4. The van der Waals surface area contributed by atoms with E-state index in [2.05, 4.69) is 27.5 Å². The number of hydrogen-bond acceptors (Lipinski definition) is 6. The first kappa shape index (κ1) is 19.5. The lowest BCUT2D eigenvalue weighted by molar-refractivity contribution is 0.139. The third-order valence-corrected chi connectivity index (χ3v) is 4.95. The molecule has 0 bridgehead atoms. The van der Waals surface area contributed by atoms with Crippen molar-refractivity contribution in [2.75, 3.05) is 19.7 Å². The molecule has 1 aromatic carbocycles. The summed E-state index contributed by atoms with van der Waals surface area (Å²) in [5, 5.41) is 11.7. The van der Waals surface area contributed by atoms with Crippen LogP contribution in [0.4, 0.5) is 0 Å². The van der Waals surface area contributed by atoms with Gasteiger partial charge in [0, 0.05) is 12.1 Å². The van der Waals surface area contributed by atoms with Gasteiger partial charge >= 0.3 is 0 Å². The second-order valence-corrected chi connectivity index (χ2v) is 7.15. The number of nitrogens with zero attached hydrogens (tertiary/aromatic N) is 3. The number of rotatable bonds is 10. The highest BCUT2D eigenvalue weighted by Gasteiger charge is 2.23. The minimum atomic E-state index is 0.332. The molecule has 1 aliphatic rings. The average molecular weight is 370 g/mol. The van der Waals surface area contributed by atoms with Crippen molar-refractivity contribution in [3.63, 3.8) is 0 Å². The van der Waals surface area contributed by atoms with Crippen LogP contribution < -0.4 is 5.32 Å². The standard InChI is InChI=1S/C21H30N4O2/c1-3-4-5-6-7-14-26-24-16(2)17-8-10-18(11-9-17)20-23-21(27-25-20)19-12-13-22-15-19/h8-11,19,22H,3-7,12-15H2,1-2H3/b24-16+/t19-/m1/s1. The Morgan fingerprint density at radius 2 is 2.04 bits per heavy atom. The van der Waals surface area contributed by atoms with E-state index >= 15 is 0 Å². The van der Waals surface area contributed by atoms with E-state index in [1.165, 1.54) is 25.7 Å². The molecule has 1 atom stereocenters. The molecule has 6 nitrogen and oxygen atoms in total. The maximum atomic E-state index is 5.45. The van der Waals surface area contributed by atoms with Gasteiger partial charge in [-0.2, -0.15) is 4.98 Å². The molecule has 0 amide bonds. The van der Waals surface area contributed by atoms with Gasteiger partial charge in [-0.05, 0) is 38.3 Å². The molecule has 1 fully saturated rings. The maximum Gasteiger partial charge on any atom is 0.231 e. The number of aromatic nitrogens is 2. The summed E-state index contributed by atoms with van der Waals surface area (Å²) in [4.78, 5) is 10.0. The van der Waals surface area contributed by atoms with Crippen molar-refractivity contribution in [2.24, 2.45) is 5.16 Å². The largest absolute Gasteiger partial charge is 0.396 e. The zero-order valence-corrected chi connectivity index (χ0v) is 16.4. The van der Waals surface area contributed by atoms with Crippen LogP contribution in [0.25, 0.3) is 11.4 Å². The molecule has 3 rings (SSSR count). The average Bonchev–Trinajstić information content (AvgIpc) is 3.39. The van der Waals surface area contributed by atoms with Gasteiger partial charge in [-0.1, -0.05) is 60.8 Å². The SMILES string of the molecule is CCCCCCCO/N=C(\C)c1ccc(-c2noc([C@@H]3CCNC3)n2)cc1. The molecule has 1 aliphatic heterocycles. The lowest BCUT2D eigenvalue weighted by Crippen LogP contribution is -2.08. The fourth-order valence-corrected chi connectivity index (χ4v) is 3.21. The Kier molecular flexibility index (Phi) is 7.39. The van der Waals surface area contributed by atoms with E-state index in [0.29, 0.717) is 18.3 Å². The molecule has 6 heteroatoms. The topological polar surface area (TPSA) is 72.5 Å². The van der Waals surface area contributed by atoms with Gasteiger partial charge in [-0.3, -0.25) is 0 Å². The van der Waals surface area contributed by atoms with Crippen molar-refractivity contribution in [3.8, 4) is 11.4 Å². The highest BCUT2D eigenvalue weighted by Crippen LogP contribution is 2.24. The molecule has 27 heavy (non-hydrogen) atoms. The lowest BCUT2D eigenvalue weighted by Gasteiger charge is -2.03. The molecular formula is C21H30N4O2.